The second-order valence-electron chi connectivity index (χ2n) is 4.30. The molecule has 92 valence electrons. The van der Waals surface area contributed by atoms with E-state index in [-0.39, 0.29) is 12.5 Å². The number of amides is 2. The number of hydrogen-bond acceptors (Lipinski definition) is 3. The van der Waals surface area contributed by atoms with E-state index in [1.807, 2.05) is 24.3 Å². The summed E-state index contributed by atoms with van der Waals surface area (Å²) < 4.78 is 5.15. The summed E-state index contributed by atoms with van der Waals surface area (Å²) in [5.74, 6) is 1.47. The van der Waals surface area contributed by atoms with E-state index in [1.165, 1.54) is 5.56 Å². The van der Waals surface area contributed by atoms with Gasteiger partial charge in [0.15, 0.2) is 0 Å². The third-order valence-corrected chi connectivity index (χ3v) is 3.11. The van der Waals surface area contributed by atoms with E-state index in [2.05, 4.69) is 0 Å². The Morgan fingerprint density at radius 1 is 1.65 bits per heavy atom. The van der Waals surface area contributed by atoms with E-state index < -0.39 is 6.03 Å². The fourth-order valence-corrected chi connectivity index (χ4v) is 2.04. The molecule has 5 heteroatoms. The molecule has 0 saturated heterocycles. The second kappa shape index (κ2) is 4.63. The molecule has 0 spiro atoms. The summed E-state index contributed by atoms with van der Waals surface area (Å²) in [6.07, 6.45) is 0.956. The van der Waals surface area contributed by atoms with Gasteiger partial charge in [-0.05, 0) is 36.0 Å². The third-order valence-electron chi connectivity index (χ3n) is 3.11. The molecule has 0 unspecified atom stereocenters. The number of urea groups is 1. The van der Waals surface area contributed by atoms with Crippen LogP contribution in [0.4, 0.5) is 4.79 Å². The van der Waals surface area contributed by atoms with Gasteiger partial charge in [0.25, 0.3) is 0 Å². The Hall–Kier alpha value is -1.75. The molecule has 0 heterocycles. The van der Waals surface area contributed by atoms with Crippen LogP contribution in [0.1, 0.15) is 17.9 Å². The van der Waals surface area contributed by atoms with E-state index in [0.29, 0.717) is 11.0 Å². The Balaban J connectivity index is 1.95. The Kier molecular flexibility index (Phi) is 3.19. The molecule has 1 saturated carbocycles. The lowest BCUT2D eigenvalue weighted by molar-refractivity contribution is -0.0431. The molecule has 0 aromatic heterocycles. The van der Waals surface area contributed by atoms with Crippen molar-refractivity contribution in [2.24, 2.45) is 11.7 Å². The lowest BCUT2D eigenvalue weighted by atomic mass is 10.1. The van der Waals surface area contributed by atoms with Gasteiger partial charge >= 0.3 is 6.03 Å². The van der Waals surface area contributed by atoms with Gasteiger partial charge in [-0.3, -0.25) is 5.21 Å². The molecule has 17 heavy (non-hydrogen) atoms. The maximum atomic E-state index is 10.7. The summed E-state index contributed by atoms with van der Waals surface area (Å²) in [4.78, 5) is 10.7. The lowest BCUT2D eigenvalue weighted by Crippen LogP contribution is -2.34. The van der Waals surface area contributed by atoms with Crippen LogP contribution in [0, 0.1) is 5.92 Å². The van der Waals surface area contributed by atoms with Crippen molar-refractivity contribution in [2.75, 3.05) is 13.7 Å². The normalized spacial score (nSPS) is 22.0. The molecule has 1 aliphatic carbocycles. The second-order valence-corrected chi connectivity index (χ2v) is 4.30. The average molecular weight is 236 g/mol. The zero-order valence-corrected chi connectivity index (χ0v) is 9.67. The monoisotopic (exact) mass is 236 g/mol. The van der Waals surface area contributed by atoms with Gasteiger partial charge in [0, 0.05) is 0 Å². The smallest absolute Gasteiger partial charge is 0.338 e. The minimum Gasteiger partial charge on any atom is -0.497 e. The number of ether oxygens (including phenoxy) is 1. The summed E-state index contributed by atoms with van der Waals surface area (Å²) in [6.45, 7) is 0.289. The molecule has 1 aromatic carbocycles. The predicted molar refractivity (Wildman–Crippen MR) is 61.9 cm³/mol. The third kappa shape index (κ3) is 2.68. The van der Waals surface area contributed by atoms with Crippen molar-refractivity contribution >= 4 is 6.03 Å². The molecule has 3 N–H and O–H groups in total. The number of carbonyl (C=O) groups excluding carboxylic acids is 1. The van der Waals surface area contributed by atoms with Crippen molar-refractivity contribution in [3.63, 3.8) is 0 Å². The molecule has 2 amide bonds. The minimum absolute atomic E-state index is 0.277. The number of primary amides is 1. The Morgan fingerprint density at radius 2 is 2.41 bits per heavy atom. The molecule has 1 aliphatic rings. The van der Waals surface area contributed by atoms with Gasteiger partial charge in [-0.25, -0.2) is 9.86 Å². The number of hydroxylamine groups is 2. The van der Waals surface area contributed by atoms with Crippen LogP contribution < -0.4 is 10.5 Å². The summed E-state index contributed by atoms with van der Waals surface area (Å²) in [7, 11) is 1.63. The van der Waals surface area contributed by atoms with Crippen LogP contribution in [0.3, 0.4) is 0 Å². The standard InChI is InChI=1S/C12H16N2O3/c1-17-10-4-2-3-8(5-10)11-6-9(11)7-14(16)12(13)15/h2-5,9,11,16H,6-7H2,1H3,(H2,13,15)/t9-,11-/m0/s1. The molecule has 1 fully saturated rings. The largest absolute Gasteiger partial charge is 0.497 e. The molecule has 1 aromatic rings. The van der Waals surface area contributed by atoms with Crippen LogP contribution in [-0.2, 0) is 0 Å². The first kappa shape index (κ1) is 11.7. The average Bonchev–Trinajstić information content (AvgIpc) is 3.08. The van der Waals surface area contributed by atoms with Gasteiger partial charge in [0.1, 0.15) is 5.75 Å². The lowest BCUT2D eigenvalue weighted by Gasteiger charge is -2.11. The van der Waals surface area contributed by atoms with Gasteiger partial charge in [0.2, 0.25) is 0 Å². The van der Waals surface area contributed by atoms with Crippen LogP contribution in [0.15, 0.2) is 24.3 Å². The molecule has 0 radical (unpaired) electrons. The van der Waals surface area contributed by atoms with Gasteiger partial charge in [-0.1, -0.05) is 12.1 Å². The zero-order valence-electron chi connectivity index (χ0n) is 9.67. The van der Waals surface area contributed by atoms with Crippen LogP contribution in [0.2, 0.25) is 0 Å². The van der Waals surface area contributed by atoms with E-state index in [9.17, 15) is 10.0 Å². The Morgan fingerprint density at radius 3 is 3.06 bits per heavy atom. The van der Waals surface area contributed by atoms with Crippen molar-refractivity contribution in [3.05, 3.63) is 29.8 Å². The van der Waals surface area contributed by atoms with Crippen molar-refractivity contribution in [3.8, 4) is 5.75 Å². The minimum atomic E-state index is -0.804. The van der Waals surface area contributed by atoms with Crippen LogP contribution in [0.25, 0.3) is 0 Å². The van der Waals surface area contributed by atoms with E-state index in [4.69, 9.17) is 10.5 Å². The number of hydrogen-bond donors (Lipinski definition) is 2. The predicted octanol–water partition coefficient (Wildman–Crippen LogP) is 1.57. The van der Waals surface area contributed by atoms with Crippen LogP contribution in [0.5, 0.6) is 5.75 Å². The first-order valence-electron chi connectivity index (χ1n) is 5.51. The highest BCUT2D eigenvalue weighted by atomic mass is 16.5. The topological polar surface area (TPSA) is 75.8 Å². The first-order valence-corrected chi connectivity index (χ1v) is 5.51. The maximum absolute atomic E-state index is 10.7. The van der Waals surface area contributed by atoms with Gasteiger partial charge in [0.05, 0.1) is 13.7 Å². The molecule has 5 nitrogen and oxygen atoms in total. The van der Waals surface area contributed by atoms with E-state index in [1.54, 1.807) is 7.11 Å². The summed E-state index contributed by atoms with van der Waals surface area (Å²) >= 11 is 0. The number of nitrogens with two attached hydrogens (primary N) is 1. The summed E-state index contributed by atoms with van der Waals surface area (Å²) in [6, 6.07) is 7.04. The number of benzene rings is 1. The molecule has 0 aliphatic heterocycles. The number of methoxy groups -OCH3 is 1. The van der Waals surface area contributed by atoms with Crippen molar-refractivity contribution in [1.82, 2.24) is 5.06 Å². The molecular weight excluding hydrogens is 220 g/mol. The highest BCUT2D eigenvalue weighted by molar-refractivity contribution is 5.70. The quantitative estimate of drug-likeness (QED) is 0.615. The molecule has 0 bridgehead atoms. The highest BCUT2D eigenvalue weighted by Gasteiger charge is 2.40. The van der Waals surface area contributed by atoms with E-state index in [0.717, 1.165) is 12.2 Å². The number of nitrogens with zero attached hydrogens (tertiary/aromatic N) is 1. The van der Waals surface area contributed by atoms with Crippen molar-refractivity contribution in [1.29, 1.82) is 0 Å². The SMILES string of the molecule is COc1cccc([C@@H]2C[C@H]2CN(O)C(N)=O)c1. The molecular formula is C12H16N2O3. The summed E-state index contributed by atoms with van der Waals surface area (Å²) in [5.41, 5.74) is 6.13. The van der Waals surface area contributed by atoms with Gasteiger partial charge < -0.3 is 10.5 Å². The molecule has 2 atom stereocenters. The maximum Gasteiger partial charge on any atom is 0.338 e. The zero-order chi connectivity index (χ0) is 12.4. The number of rotatable bonds is 4. The fraction of sp³-hybridized carbons (Fsp3) is 0.417. The Bertz CT molecular complexity index is 422. The van der Waals surface area contributed by atoms with Gasteiger partial charge in [-0.15, -0.1) is 0 Å². The van der Waals surface area contributed by atoms with Crippen LogP contribution >= 0.6 is 0 Å². The van der Waals surface area contributed by atoms with Crippen LogP contribution in [-0.4, -0.2) is 30.0 Å². The van der Waals surface area contributed by atoms with E-state index >= 15 is 0 Å². The highest BCUT2D eigenvalue weighted by Crippen LogP contribution is 2.48. The fourth-order valence-electron chi connectivity index (χ4n) is 2.04. The number of carbonyl (C=O) groups is 1. The summed E-state index contributed by atoms with van der Waals surface area (Å²) in [5, 5.41) is 9.81. The van der Waals surface area contributed by atoms with Crippen molar-refractivity contribution < 1.29 is 14.7 Å². The Labute approximate surface area is 99.7 Å². The van der Waals surface area contributed by atoms with Crippen molar-refractivity contribution in [2.45, 2.75) is 12.3 Å². The van der Waals surface area contributed by atoms with Gasteiger partial charge in [-0.2, -0.15) is 0 Å². The molecule has 2 rings (SSSR count). The first-order chi connectivity index (χ1) is 8.11.